The SMILES string of the molecule is CCOC(=O)c1ccc(Nc2ccc(Cl)cc2)cc1. The molecule has 2 aromatic rings. The van der Waals surface area contributed by atoms with E-state index in [-0.39, 0.29) is 5.97 Å². The second-order valence-corrected chi connectivity index (χ2v) is 4.37. The van der Waals surface area contributed by atoms with Gasteiger partial charge in [-0.3, -0.25) is 0 Å². The van der Waals surface area contributed by atoms with Crippen LogP contribution in [0, 0.1) is 0 Å². The zero-order valence-corrected chi connectivity index (χ0v) is 11.3. The van der Waals surface area contributed by atoms with Crippen LogP contribution in [0.2, 0.25) is 5.02 Å². The van der Waals surface area contributed by atoms with Gasteiger partial charge in [-0.25, -0.2) is 4.79 Å². The lowest BCUT2D eigenvalue weighted by atomic mass is 10.2. The van der Waals surface area contributed by atoms with Crippen molar-refractivity contribution in [3.05, 3.63) is 59.1 Å². The van der Waals surface area contributed by atoms with Crippen molar-refractivity contribution in [3.8, 4) is 0 Å². The number of ether oxygens (including phenoxy) is 1. The Labute approximate surface area is 117 Å². The Bertz CT molecular complexity index is 549. The van der Waals surface area contributed by atoms with Gasteiger partial charge in [-0.1, -0.05) is 11.6 Å². The van der Waals surface area contributed by atoms with Gasteiger partial charge < -0.3 is 10.1 Å². The highest BCUT2D eigenvalue weighted by Gasteiger charge is 2.05. The van der Waals surface area contributed by atoms with Gasteiger partial charge in [0.25, 0.3) is 0 Å². The lowest BCUT2D eigenvalue weighted by Crippen LogP contribution is -2.04. The van der Waals surface area contributed by atoms with E-state index >= 15 is 0 Å². The maximum absolute atomic E-state index is 11.5. The van der Waals surface area contributed by atoms with Gasteiger partial charge in [0.2, 0.25) is 0 Å². The number of nitrogens with one attached hydrogen (secondary N) is 1. The molecule has 4 heteroatoms. The van der Waals surface area contributed by atoms with Crippen molar-refractivity contribution in [1.82, 2.24) is 0 Å². The minimum atomic E-state index is -0.305. The van der Waals surface area contributed by atoms with Crippen LogP contribution in [-0.2, 0) is 4.74 Å². The van der Waals surface area contributed by atoms with Crippen molar-refractivity contribution in [2.45, 2.75) is 6.92 Å². The van der Waals surface area contributed by atoms with Gasteiger partial charge >= 0.3 is 5.97 Å². The number of rotatable bonds is 4. The Hall–Kier alpha value is -2.00. The normalized spacial score (nSPS) is 10.0. The summed E-state index contributed by atoms with van der Waals surface area (Å²) in [7, 11) is 0. The molecule has 0 spiro atoms. The van der Waals surface area contributed by atoms with Gasteiger partial charge in [0.15, 0.2) is 0 Å². The van der Waals surface area contributed by atoms with Crippen LogP contribution >= 0.6 is 11.6 Å². The summed E-state index contributed by atoms with van der Waals surface area (Å²) in [5.74, 6) is -0.305. The van der Waals surface area contributed by atoms with Gasteiger partial charge in [-0.2, -0.15) is 0 Å². The van der Waals surface area contributed by atoms with E-state index in [0.717, 1.165) is 11.4 Å². The second-order valence-electron chi connectivity index (χ2n) is 3.93. The predicted molar refractivity (Wildman–Crippen MR) is 77.1 cm³/mol. The molecule has 0 amide bonds. The fraction of sp³-hybridized carbons (Fsp3) is 0.133. The predicted octanol–water partition coefficient (Wildman–Crippen LogP) is 4.26. The molecule has 0 aliphatic carbocycles. The third-order valence-corrected chi connectivity index (χ3v) is 2.78. The first-order valence-electron chi connectivity index (χ1n) is 5.99. The van der Waals surface area contributed by atoms with Gasteiger partial charge in [0.1, 0.15) is 0 Å². The highest BCUT2D eigenvalue weighted by molar-refractivity contribution is 6.30. The van der Waals surface area contributed by atoms with Crippen molar-refractivity contribution in [1.29, 1.82) is 0 Å². The summed E-state index contributed by atoms with van der Waals surface area (Å²) in [6, 6.07) is 14.5. The molecule has 0 heterocycles. The minimum Gasteiger partial charge on any atom is -0.462 e. The first-order valence-corrected chi connectivity index (χ1v) is 6.36. The lowest BCUT2D eigenvalue weighted by Gasteiger charge is -2.07. The van der Waals surface area contributed by atoms with Crippen molar-refractivity contribution in [3.63, 3.8) is 0 Å². The molecule has 19 heavy (non-hydrogen) atoms. The fourth-order valence-electron chi connectivity index (χ4n) is 1.60. The zero-order valence-electron chi connectivity index (χ0n) is 10.5. The van der Waals surface area contributed by atoms with E-state index in [2.05, 4.69) is 5.32 Å². The molecular weight excluding hydrogens is 262 g/mol. The highest BCUT2D eigenvalue weighted by atomic mass is 35.5. The van der Waals surface area contributed by atoms with Crippen LogP contribution in [0.3, 0.4) is 0 Å². The summed E-state index contributed by atoms with van der Waals surface area (Å²) in [6.45, 7) is 2.16. The number of anilines is 2. The Morgan fingerprint density at radius 3 is 2.11 bits per heavy atom. The van der Waals surface area contributed by atoms with Crippen LogP contribution in [0.1, 0.15) is 17.3 Å². The lowest BCUT2D eigenvalue weighted by molar-refractivity contribution is 0.0526. The molecule has 3 nitrogen and oxygen atoms in total. The van der Waals surface area contributed by atoms with Crippen molar-refractivity contribution < 1.29 is 9.53 Å². The van der Waals surface area contributed by atoms with Crippen LogP contribution in [-0.4, -0.2) is 12.6 Å². The zero-order chi connectivity index (χ0) is 13.7. The largest absolute Gasteiger partial charge is 0.462 e. The molecule has 0 aliphatic heterocycles. The van der Waals surface area contributed by atoms with E-state index < -0.39 is 0 Å². The van der Waals surface area contributed by atoms with Crippen LogP contribution in [0.25, 0.3) is 0 Å². The Morgan fingerprint density at radius 1 is 1.05 bits per heavy atom. The number of esters is 1. The van der Waals surface area contributed by atoms with E-state index in [4.69, 9.17) is 16.3 Å². The molecule has 0 saturated heterocycles. The summed E-state index contributed by atoms with van der Waals surface area (Å²) < 4.78 is 4.93. The standard InChI is InChI=1S/C15H14ClNO2/c1-2-19-15(18)11-3-7-13(8-4-11)17-14-9-5-12(16)6-10-14/h3-10,17H,2H2,1H3. The molecular formula is C15H14ClNO2. The smallest absolute Gasteiger partial charge is 0.338 e. The number of hydrogen-bond donors (Lipinski definition) is 1. The van der Waals surface area contributed by atoms with Crippen LogP contribution in [0.5, 0.6) is 0 Å². The molecule has 0 atom stereocenters. The maximum atomic E-state index is 11.5. The van der Waals surface area contributed by atoms with E-state index in [9.17, 15) is 4.79 Å². The van der Waals surface area contributed by atoms with E-state index in [1.54, 1.807) is 19.1 Å². The van der Waals surface area contributed by atoms with Crippen LogP contribution in [0.15, 0.2) is 48.5 Å². The molecule has 0 aliphatic rings. The summed E-state index contributed by atoms with van der Waals surface area (Å²) in [5, 5.41) is 3.92. The van der Waals surface area contributed by atoms with Gasteiger partial charge in [-0.15, -0.1) is 0 Å². The summed E-state index contributed by atoms with van der Waals surface area (Å²) in [6.07, 6.45) is 0. The van der Waals surface area contributed by atoms with E-state index in [0.29, 0.717) is 17.2 Å². The molecule has 1 N–H and O–H groups in total. The Kier molecular flexibility index (Phi) is 4.42. The van der Waals surface area contributed by atoms with Crippen molar-refractivity contribution in [2.24, 2.45) is 0 Å². The summed E-state index contributed by atoms with van der Waals surface area (Å²) in [5.41, 5.74) is 2.38. The second kappa shape index (κ2) is 6.25. The first kappa shape index (κ1) is 13.4. The van der Waals surface area contributed by atoms with Crippen LogP contribution < -0.4 is 5.32 Å². The van der Waals surface area contributed by atoms with E-state index in [1.807, 2.05) is 36.4 Å². The topological polar surface area (TPSA) is 38.3 Å². The molecule has 0 saturated carbocycles. The molecule has 2 aromatic carbocycles. The monoisotopic (exact) mass is 275 g/mol. The molecule has 0 aromatic heterocycles. The summed E-state index contributed by atoms with van der Waals surface area (Å²) >= 11 is 5.82. The Balaban J connectivity index is 2.06. The molecule has 0 unspecified atom stereocenters. The average molecular weight is 276 g/mol. The maximum Gasteiger partial charge on any atom is 0.338 e. The van der Waals surface area contributed by atoms with Gasteiger partial charge in [-0.05, 0) is 55.5 Å². The number of carbonyl (C=O) groups excluding carboxylic acids is 1. The minimum absolute atomic E-state index is 0.305. The Morgan fingerprint density at radius 2 is 1.58 bits per heavy atom. The molecule has 0 radical (unpaired) electrons. The molecule has 0 bridgehead atoms. The fourth-order valence-corrected chi connectivity index (χ4v) is 1.73. The molecule has 2 rings (SSSR count). The van der Waals surface area contributed by atoms with Crippen molar-refractivity contribution in [2.75, 3.05) is 11.9 Å². The first-order chi connectivity index (χ1) is 9.19. The van der Waals surface area contributed by atoms with Gasteiger partial charge in [0.05, 0.1) is 12.2 Å². The number of carbonyl (C=O) groups is 1. The number of benzene rings is 2. The van der Waals surface area contributed by atoms with E-state index in [1.165, 1.54) is 0 Å². The summed E-state index contributed by atoms with van der Waals surface area (Å²) in [4.78, 5) is 11.5. The third kappa shape index (κ3) is 3.73. The molecule has 0 fully saturated rings. The molecule has 98 valence electrons. The van der Waals surface area contributed by atoms with Crippen molar-refractivity contribution >= 4 is 28.9 Å². The number of halogens is 1. The average Bonchev–Trinajstić information content (AvgIpc) is 2.42. The van der Waals surface area contributed by atoms with Crippen LogP contribution in [0.4, 0.5) is 11.4 Å². The quantitative estimate of drug-likeness (QED) is 0.847. The number of hydrogen-bond acceptors (Lipinski definition) is 3. The van der Waals surface area contributed by atoms with Gasteiger partial charge in [0, 0.05) is 16.4 Å². The highest BCUT2D eigenvalue weighted by Crippen LogP contribution is 2.19. The third-order valence-electron chi connectivity index (χ3n) is 2.53.